The van der Waals surface area contributed by atoms with Gasteiger partial charge in [0.05, 0.1) is 12.1 Å². The zero-order chi connectivity index (χ0) is 24.0. The Balaban J connectivity index is 1.78. The number of nitrogens with zero attached hydrogens (tertiary/aromatic N) is 1. The van der Waals surface area contributed by atoms with Gasteiger partial charge < -0.3 is 21.3 Å². The third-order valence-electron chi connectivity index (χ3n) is 6.99. The van der Waals surface area contributed by atoms with Gasteiger partial charge in [0.2, 0.25) is 11.8 Å². The van der Waals surface area contributed by atoms with E-state index >= 15 is 0 Å². The number of rotatable bonds is 8. The molecule has 1 saturated carbocycles. The molecule has 3 unspecified atom stereocenters. The minimum absolute atomic E-state index is 0.0315. The van der Waals surface area contributed by atoms with Crippen LogP contribution in [0, 0.1) is 11.7 Å². The highest BCUT2D eigenvalue weighted by Crippen LogP contribution is 2.31. The zero-order valence-corrected chi connectivity index (χ0v) is 19.8. The van der Waals surface area contributed by atoms with Crippen molar-refractivity contribution in [2.45, 2.75) is 70.0 Å². The number of halogens is 1. The molecule has 180 valence electrons. The Morgan fingerprint density at radius 3 is 2.45 bits per heavy atom. The normalized spacial score (nSPS) is 21.5. The van der Waals surface area contributed by atoms with Gasteiger partial charge in [-0.15, -0.1) is 0 Å². The maximum absolute atomic E-state index is 13.8. The summed E-state index contributed by atoms with van der Waals surface area (Å²) < 4.78 is 13.2. The number of amides is 2. The molecule has 1 aliphatic heterocycles. The molecule has 1 saturated heterocycles. The first-order valence-electron chi connectivity index (χ1n) is 12.0. The van der Waals surface area contributed by atoms with Gasteiger partial charge in [-0.05, 0) is 74.9 Å². The fourth-order valence-corrected chi connectivity index (χ4v) is 4.87. The number of likely N-dealkylation sites (N-methyl/N-ethyl adjacent to an activating group) is 1. The number of hydrogen-bond donors (Lipinski definition) is 3. The van der Waals surface area contributed by atoms with E-state index in [1.807, 2.05) is 4.90 Å². The van der Waals surface area contributed by atoms with E-state index < -0.39 is 6.04 Å². The highest BCUT2D eigenvalue weighted by molar-refractivity contribution is 5.90. The van der Waals surface area contributed by atoms with Crippen LogP contribution >= 0.6 is 0 Å². The van der Waals surface area contributed by atoms with E-state index in [4.69, 9.17) is 5.73 Å². The van der Waals surface area contributed by atoms with Crippen molar-refractivity contribution in [2.75, 3.05) is 13.6 Å². The predicted octanol–water partition coefficient (Wildman–Crippen LogP) is 3.35. The second-order valence-electron chi connectivity index (χ2n) is 9.27. The summed E-state index contributed by atoms with van der Waals surface area (Å²) in [7, 11) is 1.74. The van der Waals surface area contributed by atoms with Crippen LogP contribution in [0.1, 0.15) is 57.4 Å². The van der Waals surface area contributed by atoms with Crippen molar-refractivity contribution in [2.24, 2.45) is 11.7 Å². The lowest BCUT2D eigenvalue weighted by atomic mass is 9.83. The van der Waals surface area contributed by atoms with E-state index in [1.165, 1.54) is 18.6 Å². The van der Waals surface area contributed by atoms with E-state index in [1.54, 1.807) is 32.2 Å². The molecule has 2 aliphatic rings. The molecule has 0 spiro atoms. The Bertz CT molecular complexity index is 877. The molecule has 1 aromatic rings. The molecule has 6 nitrogen and oxygen atoms in total. The number of benzene rings is 1. The lowest BCUT2D eigenvalue weighted by Crippen LogP contribution is -2.56. The van der Waals surface area contributed by atoms with Crippen LogP contribution in [0.5, 0.6) is 0 Å². The monoisotopic (exact) mass is 456 g/mol. The summed E-state index contributed by atoms with van der Waals surface area (Å²) >= 11 is 0. The minimum Gasteiger partial charge on any atom is -0.398 e. The van der Waals surface area contributed by atoms with E-state index in [9.17, 15) is 14.0 Å². The van der Waals surface area contributed by atoms with Gasteiger partial charge in [0.1, 0.15) is 11.9 Å². The molecule has 7 heteroatoms. The number of likely N-dealkylation sites (tertiary alicyclic amines) is 1. The molecule has 33 heavy (non-hydrogen) atoms. The summed E-state index contributed by atoms with van der Waals surface area (Å²) in [6, 6.07) is 4.93. The smallest absolute Gasteiger partial charge is 0.245 e. The first kappa shape index (κ1) is 25.0. The molecular weight excluding hydrogens is 419 g/mol. The summed E-state index contributed by atoms with van der Waals surface area (Å²) in [5, 5.41) is 6.00. The Morgan fingerprint density at radius 2 is 1.82 bits per heavy atom. The van der Waals surface area contributed by atoms with E-state index in [2.05, 4.69) is 17.2 Å². The molecule has 1 heterocycles. The maximum atomic E-state index is 13.8. The lowest BCUT2D eigenvalue weighted by Gasteiger charge is -2.35. The highest BCUT2D eigenvalue weighted by atomic mass is 19.1. The van der Waals surface area contributed by atoms with Gasteiger partial charge in [0.25, 0.3) is 0 Å². The highest BCUT2D eigenvalue weighted by Gasteiger charge is 2.39. The van der Waals surface area contributed by atoms with Crippen LogP contribution in [0.15, 0.2) is 42.5 Å². The van der Waals surface area contributed by atoms with Gasteiger partial charge in [0, 0.05) is 12.2 Å². The van der Waals surface area contributed by atoms with Crippen LogP contribution in [0.25, 0.3) is 5.70 Å². The summed E-state index contributed by atoms with van der Waals surface area (Å²) in [5.74, 6) is -0.359. The Labute approximate surface area is 196 Å². The Hall–Kier alpha value is -2.67. The number of nitrogens with two attached hydrogens (primary N) is 1. The molecular formula is C26H37FN4O2. The van der Waals surface area contributed by atoms with Crippen molar-refractivity contribution in [1.82, 2.24) is 15.5 Å². The van der Waals surface area contributed by atoms with Crippen LogP contribution in [0.2, 0.25) is 0 Å². The fraction of sp³-hybridized carbons (Fsp3) is 0.538. The van der Waals surface area contributed by atoms with E-state index in [0.29, 0.717) is 17.8 Å². The summed E-state index contributed by atoms with van der Waals surface area (Å²) in [6.45, 7) is 6.63. The average Bonchev–Trinajstić information content (AvgIpc) is 3.32. The van der Waals surface area contributed by atoms with Gasteiger partial charge >= 0.3 is 0 Å². The van der Waals surface area contributed by atoms with Crippen molar-refractivity contribution >= 4 is 17.5 Å². The second kappa shape index (κ2) is 11.5. The average molecular weight is 457 g/mol. The van der Waals surface area contributed by atoms with Crippen molar-refractivity contribution < 1.29 is 14.0 Å². The zero-order valence-electron chi connectivity index (χ0n) is 19.8. The Kier molecular flexibility index (Phi) is 8.67. The van der Waals surface area contributed by atoms with Crippen LogP contribution in [0.4, 0.5) is 4.39 Å². The van der Waals surface area contributed by atoms with E-state index in [-0.39, 0.29) is 35.6 Å². The van der Waals surface area contributed by atoms with Crippen LogP contribution < -0.4 is 16.4 Å². The third kappa shape index (κ3) is 6.22. The first-order valence-corrected chi connectivity index (χ1v) is 12.0. The van der Waals surface area contributed by atoms with Crippen molar-refractivity contribution in [3.05, 3.63) is 53.9 Å². The molecule has 2 fully saturated rings. The second-order valence-corrected chi connectivity index (χ2v) is 9.27. The predicted molar refractivity (Wildman–Crippen MR) is 129 cm³/mol. The molecule has 0 radical (unpaired) electrons. The molecule has 0 bridgehead atoms. The Morgan fingerprint density at radius 1 is 1.15 bits per heavy atom. The SMILES string of the molecule is C=C(/C=C(\N)c1ccc(F)cc1)C1CCCN1C(=O)C(NC(=O)C(C)NC)C1CCCCC1. The van der Waals surface area contributed by atoms with Gasteiger partial charge in [-0.2, -0.15) is 0 Å². The van der Waals surface area contributed by atoms with Gasteiger partial charge in [0.15, 0.2) is 0 Å². The lowest BCUT2D eigenvalue weighted by molar-refractivity contribution is -0.139. The van der Waals surface area contributed by atoms with Gasteiger partial charge in [-0.1, -0.05) is 38.0 Å². The summed E-state index contributed by atoms with van der Waals surface area (Å²) in [5.41, 5.74) is 8.18. The molecule has 3 atom stereocenters. The number of carbonyl (C=O) groups excluding carboxylic acids is 2. The third-order valence-corrected chi connectivity index (χ3v) is 6.99. The number of hydrogen-bond acceptors (Lipinski definition) is 4. The van der Waals surface area contributed by atoms with Gasteiger partial charge in [-0.25, -0.2) is 4.39 Å². The first-order chi connectivity index (χ1) is 15.8. The molecule has 4 N–H and O–H groups in total. The molecule has 1 aliphatic carbocycles. The molecule has 2 amide bonds. The maximum Gasteiger partial charge on any atom is 0.245 e. The van der Waals surface area contributed by atoms with Crippen molar-refractivity contribution in [1.29, 1.82) is 0 Å². The quantitative estimate of drug-likeness (QED) is 0.524. The van der Waals surface area contributed by atoms with Gasteiger partial charge in [-0.3, -0.25) is 9.59 Å². The largest absolute Gasteiger partial charge is 0.398 e. The number of nitrogens with one attached hydrogen (secondary N) is 2. The van der Waals surface area contributed by atoms with Crippen LogP contribution in [-0.2, 0) is 9.59 Å². The fourth-order valence-electron chi connectivity index (χ4n) is 4.87. The van der Waals surface area contributed by atoms with Crippen LogP contribution in [-0.4, -0.2) is 48.4 Å². The summed E-state index contributed by atoms with van der Waals surface area (Å²) in [6.07, 6.45) is 8.69. The topological polar surface area (TPSA) is 87.5 Å². The van der Waals surface area contributed by atoms with Crippen molar-refractivity contribution in [3.63, 3.8) is 0 Å². The molecule has 3 rings (SSSR count). The van der Waals surface area contributed by atoms with E-state index in [0.717, 1.165) is 44.1 Å². The standard InChI is InChI=1S/C26H37FN4O2/c1-17(16-22(28)19-11-13-21(27)14-12-19)23-10-7-15-31(23)26(33)24(20-8-5-4-6-9-20)30-25(32)18(2)29-3/h11-14,16,18,20,23-24,29H,1,4-10,15,28H2,2-3H3,(H,30,32)/b22-16-. The van der Waals surface area contributed by atoms with Crippen molar-refractivity contribution in [3.8, 4) is 0 Å². The minimum atomic E-state index is -0.527. The number of carbonyl (C=O) groups is 2. The molecule has 0 aromatic heterocycles. The van der Waals surface area contributed by atoms with Crippen LogP contribution in [0.3, 0.4) is 0 Å². The molecule has 1 aromatic carbocycles. The summed E-state index contributed by atoms with van der Waals surface area (Å²) in [4.78, 5) is 28.3.